The number of unbranched alkanes of at least 4 members (excludes halogenated alkanes) is 2. The zero-order chi connectivity index (χ0) is 43.2. The van der Waals surface area contributed by atoms with Crippen LogP contribution >= 0.6 is 0 Å². The van der Waals surface area contributed by atoms with Gasteiger partial charge in [0.05, 0.1) is 36.4 Å². The van der Waals surface area contributed by atoms with Crippen LogP contribution in [-0.2, 0) is 32.3 Å². The predicted octanol–water partition coefficient (Wildman–Crippen LogP) is 8.20. The van der Waals surface area contributed by atoms with E-state index in [0.29, 0.717) is 49.4 Å². The van der Waals surface area contributed by atoms with Crippen LogP contribution in [0.5, 0.6) is 11.5 Å². The number of aliphatic hydroxyl groups is 2. The van der Waals surface area contributed by atoms with Crippen LogP contribution < -0.4 is 4.74 Å². The quantitative estimate of drug-likeness (QED) is 0.0362. The Hall–Kier alpha value is -5.28. The van der Waals surface area contributed by atoms with Gasteiger partial charge < -0.3 is 39.1 Å². The molecule has 3 N–H and O–H groups in total. The van der Waals surface area contributed by atoms with Crippen LogP contribution in [0.4, 0.5) is 10.5 Å². The lowest BCUT2D eigenvalue weighted by molar-refractivity contribution is -0.384. The first-order valence-electron chi connectivity index (χ1n) is 21.4. The van der Waals surface area contributed by atoms with Crippen molar-refractivity contribution in [1.29, 1.82) is 0 Å². The topological polar surface area (TPSA) is 183 Å². The normalized spacial score (nSPS) is 23.2. The molecule has 0 spiro atoms. The summed E-state index contributed by atoms with van der Waals surface area (Å²) in [7, 11) is 0. The summed E-state index contributed by atoms with van der Waals surface area (Å²) in [6, 6.07) is 20.1. The second-order valence-corrected chi connectivity index (χ2v) is 15.8. The van der Waals surface area contributed by atoms with Crippen LogP contribution in [0.2, 0.25) is 0 Å². The maximum Gasteiger partial charge on any atom is 0.410 e. The Morgan fingerprint density at radius 1 is 1.00 bits per heavy atom. The molecule has 0 unspecified atom stereocenters. The van der Waals surface area contributed by atoms with Gasteiger partial charge in [-0.1, -0.05) is 67.4 Å². The minimum atomic E-state index is -1.48. The number of phenols is 1. The summed E-state index contributed by atoms with van der Waals surface area (Å²) in [6.45, 7) is 7.09. The molecule has 0 radical (unpaired) electrons. The second kappa shape index (κ2) is 22.0. The first-order valence-corrected chi connectivity index (χ1v) is 21.4. The number of ether oxygens (including phenoxy) is 4. The van der Waals surface area contributed by atoms with Crippen molar-refractivity contribution in [3.63, 3.8) is 0 Å². The van der Waals surface area contributed by atoms with Crippen molar-refractivity contribution in [2.24, 2.45) is 22.9 Å². The number of aliphatic hydroxyl groups excluding tert-OH is 2. The summed E-state index contributed by atoms with van der Waals surface area (Å²) < 4.78 is 25.9. The van der Waals surface area contributed by atoms with E-state index in [1.54, 1.807) is 41.3 Å². The molecule has 1 aliphatic heterocycles. The molecule has 1 fully saturated rings. The molecule has 6 atom stereocenters. The van der Waals surface area contributed by atoms with Gasteiger partial charge in [-0.05, 0) is 91.0 Å². The van der Waals surface area contributed by atoms with Crippen molar-refractivity contribution >= 4 is 17.5 Å². The maximum atomic E-state index is 14.4. The molecule has 3 aromatic carbocycles. The van der Waals surface area contributed by atoms with Crippen molar-refractivity contribution < 1.29 is 48.8 Å². The fraction of sp³-hybridized carbons (Fsp3) is 0.489. The molecule has 3 aliphatic rings. The number of allylic oxidation sites excluding steroid dienone is 1. The fourth-order valence-corrected chi connectivity index (χ4v) is 9.21. The molecule has 0 bridgehead atoms. The lowest BCUT2D eigenvalue weighted by Gasteiger charge is -2.59. The molecule has 0 aromatic heterocycles. The highest BCUT2D eigenvalue weighted by molar-refractivity contribution is 6.03. The number of rotatable bonds is 23. The Labute approximate surface area is 357 Å². The van der Waals surface area contributed by atoms with Gasteiger partial charge in [0.15, 0.2) is 0 Å². The number of nitrogens with zero attached hydrogens (tertiary/aromatic N) is 3. The Morgan fingerprint density at radius 3 is 2.44 bits per heavy atom. The van der Waals surface area contributed by atoms with Crippen LogP contribution in [-0.4, -0.2) is 88.4 Å². The molecular formula is C47H59N3O11. The summed E-state index contributed by atoms with van der Waals surface area (Å²) in [5.41, 5.74) is 3.90. The van der Waals surface area contributed by atoms with E-state index >= 15 is 0 Å². The molecule has 1 saturated carbocycles. The average molecular weight is 842 g/mol. The summed E-state index contributed by atoms with van der Waals surface area (Å²) in [6.07, 6.45) is 8.39. The van der Waals surface area contributed by atoms with Gasteiger partial charge in [0.25, 0.3) is 5.69 Å². The van der Waals surface area contributed by atoms with Gasteiger partial charge in [0.2, 0.25) is 5.79 Å². The standard InChI is InChI=1S/C47H59N3O11/c1-3-22-49(46(54)58-27-26-57-31-33-12-6-5-7-13-33)43-30-41(48-60-32-34-16-18-36(19-17-34)50(55)56)39-28-35(14-8-10-23-51)38(15-9-11-24-52)44-40-29-37(53)20-21-42(40)61-47(43,45(39)44)59-25-4-2/h4-7,12-13,16-21,28-29,35,38,43-45,51-53H,2-3,8-11,14-15,22-27,30-32H2,1H3/t35-,38+,43-,44+,45+,47+/m0/s1. The zero-order valence-corrected chi connectivity index (χ0v) is 34.9. The number of fused-ring (bicyclic) bond motifs is 2. The average Bonchev–Trinajstić information content (AvgIpc) is 3.27. The molecule has 14 heteroatoms. The number of nitro groups is 1. The van der Waals surface area contributed by atoms with E-state index in [4.69, 9.17) is 28.9 Å². The number of oxime groups is 1. The van der Waals surface area contributed by atoms with E-state index in [0.717, 1.165) is 42.4 Å². The van der Waals surface area contributed by atoms with E-state index in [2.05, 4.69) is 12.7 Å². The van der Waals surface area contributed by atoms with Gasteiger partial charge in [0, 0.05) is 49.8 Å². The molecule has 6 rings (SSSR count). The van der Waals surface area contributed by atoms with Gasteiger partial charge >= 0.3 is 6.09 Å². The number of nitro benzene ring substituents is 1. The molecule has 2 aliphatic carbocycles. The minimum Gasteiger partial charge on any atom is -0.508 e. The number of phenolic OH excluding ortho intramolecular Hbond substituents is 1. The zero-order valence-electron chi connectivity index (χ0n) is 34.9. The molecule has 1 heterocycles. The van der Waals surface area contributed by atoms with Crippen LogP contribution in [0.3, 0.4) is 0 Å². The second-order valence-electron chi connectivity index (χ2n) is 15.8. The van der Waals surface area contributed by atoms with Crippen molar-refractivity contribution in [3.8, 4) is 11.5 Å². The molecule has 328 valence electrons. The number of aromatic hydroxyl groups is 1. The van der Waals surface area contributed by atoms with Gasteiger partial charge in [-0.2, -0.15) is 0 Å². The number of non-ortho nitro benzene ring substituents is 1. The van der Waals surface area contributed by atoms with Crippen LogP contribution in [0.1, 0.15) is 80.9 Å². The van der Waals surface area contributed by atoms with E-state index in [1.807, 2.05) is 37.3 Å². The summed E-state index contributed by atoms with van der Waals surface area (Å²) in [5, 5.41) is 46.7. The van der Waals surface area contributed by atoms with Gasteiger partial charge in [0.1, 0.15) is 30.8 Å². The van der Waals surface area contributed by atoms with Crippen molar-refractivity contribution in [1.82, 2.24) is 4.90 Å². The van der Waals surface area contributed by atoms with Crippen LogP contribution in [0.25, 0.3) is 0 Å². The van der Waals surface area contributed by atoms with Crippen LogP contribution in [0.15, 0.2) is 102 Å². The van der Waals surface area contributed by atoms with E-state index in [9.17, 15) is 30.2 Å². The number of benzene rings is 3. The highest BCUT2D eigenvalue weighted by Gasteiger charge is 2.65. The third-order valence-corrected chi connectivity index (χ3v) is 11.8. The third kappa shape index (κ3) is 10.8. The van der Waals surface area contributed by atoms with Crippen molar-refractivity contribution in [3.05, 3.63) is 124 Å². The first-order chi connectivity index (χ1) is 29.7. The molecule has 1 amide bonds. The van der Waals surface area contributed by atoms with E-state index in [1.165, 1.54) is 12.1 Å². The SMILES string of the molecule is C=CCO[C@@]12Oc3ccc(O)cc3[C@H]3[C@H](CCCCO)[C@@H](CCCCO)C=C(C(=NOCc4ccc([N+](=O)[O-])cc4)C[C@@H]1N(CCC)C(=O)OCCOCc1ccccc1)[C@H]32. The lowest BCUT2D eigenvalue weighted by atomic mass is 9.55. The summed E-state index contributed by atoms with van der Waals surface area (Å²) in [5.74, 6) is -1.72. The minimum absolute atomic E-state index is 0.00971. The van der Waals surface area contributed by atoms with Crippen LogP contribution in [0, 0.1) is 27.9 Å². The monoisotopic (exact) mass is 841 g/mol. The molecule has 61 heavy (non-hydrogen) atoms. The molecule has 14 nitrogen and oxygen atoms in total. The Kier molecular flexibility index (Phi) is 16.3. The molecular weight excluding hydrogens is 783 g/mol. The molecule has 3 aromatic rings. The van der Waals surface area contributed by atoms with E-state index < -0.39 is 28.8 Å². The predicted molar refractivity (Wildman–Crippen MR) is 229 cm³/mol. The van der Waals surface area contributed by atoms with Crippen molar-refractivity contribution in [2.75, 3.05) is 39.6 Å². The smallest absolute Gasteiger partial charge is 0.410 e. The highest BCUT2D eigenvalue weighted by Crippen LogP contribution is 2.62. The maximum absolute atomic E-state index is 14.4. The van der Waals surface area contributed by atoms with Gasteiger partial charge in [-0.15, -0.1) is 6.58 Å². The Balaban J connectivity index is 1.44. The number of hydrogen-bond acceptors (Lipinski definition) is 12. The molecule has 0 saturated heterocycles. The number of hydrogen-bond donors (Lipinski definition) is 3. The summed E-state index contributed by atoms with van der Waals surface area (Å²) in [4.78, 5) is 33.0. The highest BCUT2D eigenvalue weighted by atomic mass is 16.7. The first kappa shape index (κ1) is 45.3. The van der Waals surface area contributed by atoms with Gasteiger partial charge in [-0.25, -0.2) is 4.79 Å². The number of carbonyl (C=O) groups is 1. The van der Waals surface area contributed by atoms with E-state index in [-0.39, 0.29) is 75.3 Å². The fourth-order valence-electron chi connectivity index (χ4n) is 9.21. The Bertz CT molecular complexity index is 1970. The lowest BCUT2D eigenvalue weighted by Crippen LogP contribution is -2.70. The summed E-state index contributed by atoms with van der Waals surface area (Å²) >= 11 is 0. The van der Waals surface area contributed by atoms with Gasteiger partial charge in [-0.3, -0.25) is 15.0 Å². The largest absolute Gasteiger partial charge is 0.508 e. The third-order valence-electron chi connectivity index (χ3n) is 11.8. The number of amides is 1. The number of carbonyl (C=O) groups excluding carboxylic acids is 1. The Morgan fingerprint density at radius 2 is 1.74 bits per heavy atom. The van der Waals surface area contributed by atoms with Crippen molar-refractivity contribution in [2.45, 2.75) is 89.3 Å².